The van der Waals surface area contributed by atoms with Gasteiger partial charge in [-0.3, -0.25) is 10.1 Å². The first kappa shape index (κ1) is 16.8. The van der Waals surface area contributed by atoms with Gasteiger partial charge in [0.2, 0.25) is 0 Å². The van der Waals surface area contributed by atoms with E-state index < -0.39 is 4.92 Å². The van der Waals surface area contributed by atoms with E-state index in [-0.39, 0.29) is 5.69 Å². The van der Waals surface area contributed by atoms with Gasteiger partial charge in [-0.2, -0.15) is 0 Å². The monoisotopic (exact) mass is 299 g/mol. The van der Waals surface area contributed by atoms with Crippen molar-refractivity contribution in [1.29, 1.82) is 0 Å². The third-order valence-electron chi connectivity index (χ3n) is 3.39. The molecule has 0 amide bonds. The molecule has 1 aromatic carbocycles. The van der Waals surface area contributed by atoms with Crippen molar-refractivity contribution in [3.63, 3.8) is 0 Å². The van der Waals surface area contributed by atoms with Gasteiger partial charge in [-0.15, -0.1) is 11.6 Å². The van der Waals surface area contributed by atoms with E-state index in [0.717, 1.165) is 31.2 Å². The van der Waals surface area contributed by atoms with Crippen molar-refractivity contribution in [2.45, 2.75) is 45.4 Å². The van der Waals surface area contributed by atoms with Gasteiger partial charge in [0.15, 0.2) is 5.75 Å². The maximum Gasteiger partial charge on any atom is 0.310 e. The van der Waals surface area contributed by atoms with Crippen LogP contribution in [0.3, 0.4) is 0 Å². The maximum atomic E-state index is 11.0. The average Bonchev–Trinajstić information content (AvgIpc) is 2.47. The smallest absolute Gasteiger partial charge is 0.310 e. The molecule has 0 aliphatic heterocycles. The molecule has 0 radical (unpaired) electrons. The second kappa shape index (κ2) is 8.80. The summed E-state index contributed by atoms with van der Waals surface area (Å²) in [5, 5.41) is 11.0. The number of rotatable bonds is 9. The Hall–Kier alpha value is -1.29. The van der Waals surface area contributed by atoms with Gasteiger partial charge in [0.05, 0.1) is 11.5 Å². The minimum Gasteiger partial charge on any atom is -0.487 e. The molecule has 5 heteroatoms. The Morgan fingerprint density at radius 1 is 1.40 bits per heavy atom. The summed E-state index contributed by atoms with van der Waals surface area (Å²) in [6.07, 6.45) is 4.42. The maximum absolute atomic E-state index is 11.0. The number of nitrogens with zero attached hydrogens (tertiary/aromatic N) is 1. The minimum absolute atomic E-state index is 0.00390. The molecule has 0 aromatic heterocycles. The lowest BCUT2D eigenvalue weighted by molar-refractivity contribution is -0.385. The predicted octanol–water partition coefficient (Wildman–Crippen LogP) is 4.93. The van der Waals surface area contributed by atoms with Gasteiger partial charge in [0.25, 0.3) is 0 Å². The number of ether oxygens (including phenoxy) is 1. The van der Waals surface area contributed by atoms with Gasteiger partial charge >= 0.3 is 5.69 Å². The first-order chi connectivity index (χ1) is 9.62. The number of halogens is 1. The van der Waals surface area contributed by atoms with Crippen LogP contribution in [-0.2, 0) is 5.88 Å². The Morgan fingerprint density at radius 2 is 2.15 bits per heavy atom. The molecule has 0 N–H and O–H groups in total. The Labute approximate surface area is 125 Å². The second-order valence-corrected chi connectivity index (χ2v) is 5.19. The van der Waals surface area contributed by atoms with Gasteiger partial charge in [0.1, 0.15) is 0 Å². The fourth-order valence-electron chi connectivity index (χ4n) is 2.01. The molecule has 0 aliphatic carbocycles. The molecule has 1 rings (SSSR count). The number of alkyl halides is 1. The standard InChI is InChI=1S/C15H22ClNO3/c1-3-5-6-12(4-2)11-20-15-9-13(10-16)7-8-14(15)17(18)19/h7-9,12H,3-6,10-11H2,1-2H3. The number of nitro benzene ring substituents is 1. The number of benzene rings is 1. The van der Waals surface area contributed by atoms with Gasteiger partial charge < -0.3 is 4.74 Å². The van der Waals surface area contributed by atoms with Crippen LogP contribution in [0, 0.1) is 16.0 Å². The van der Waals surface area contributed by atoms with Crippen molar-refractivity contribution in [3.05, 3.63) is 33.9 Å². The lowest BCUT2D eigenvalue weighted by Crippen LogP contribution is -2.12. The fraction of sp³-hybridized carbons (Fsp3) is 0.600. The van der Waals surface area contributed by atoms with Crippen molar-refractivity contribution < 1.29 is 9.66 Å². The molecule has 0 bridgehead atoms. The highest BCUT2D eigenvalue weighted by Crippen LogP contribution is 2.29. The molecule has 0 saturated heterocycles. The lowest BCUT2D eigenvalue weighted by Gasteiger charge is -2.15. The van der Waals surface area contributed by atoms with Crippen molar-refractivity contribution >= 4 is 17.3 Å². The summed E-state index contributed by atoms with van der Waals surface area (Å²) < 4.78 is 5.69. The van der Waals surface area contributed by atoms with E-state index in [2.05, 4.69) is 13.8 Å². The molecule has 1 atom stereocenters. The highest BCUT2D eigenvalue weighted by molar-refractivity contribution is 6.17. The zero-order valence-electron chi connectivity index (χ0n) is 12.1. The van der Waals surface area contributed by atoms with Crippen LogP contribution in [0.4, 0.5) is 5.69 Å². The van der Waals surface area contributed by atoms with Gasteiger partial charge in [-0.05, 0) is 24.0 Å². The molecule has 0 saturated carbocycles. The van der Waals surface area contributed by atoms with E-state index in [1.807, 2.05) is 0 Å². The Morgan fingerprint density at radius 3 is 2.70 bits per heavy atom. The number of nitro groups is 1. The summed E-state index contributed by atoms with van der Waals surface area (Å²) >= 11 is 5.76. The molecule has 20 heavy (non-hydrogen) atoms. The first-order valence-corrected chi connectivity index (χ1v) is 7.61. The van der Waals surface area contributed by atoms with Crippen molar-refractivity contribution in [2.75, 3.05) is 6.61 Å². The predicted molar refractivity (Wildman–Crippen MR) is 81.5 cm³/mol. The van der Waals surface area contributed by atoms with Crippen LogP contribution < -0.4 is 4.74 Å². The van der Waals surface area contributed by atoms with E-state index in [9.17, 15) is 10.1 Å². The lowest BCUT2D eigenvalue weighted by atomic mass is 10.0. The van der Waals surface area contributed by atoms with Crippen LogP contribution in [0.5, 0.6) is 5.75 Å². The van der Waals surface area contributed by atoms with E-state index in [0.29, 0.717) is 24.2 Å². The first-order valence-electron chi connectivity index (χ1n) is 7.08. The largest absolute Gasteiger partial charge is 0.487 e. The second-order valence-electron chi connectivity index (χ2n) is 4.92. The van der Waals surface area contributed by atoms with E-state index in [1.54, 1.807) is 12.1 Å². The van der Waals surface area contributed by atoms with Crippen molar-refractivity contribution in [1.82, 2.24) is 0 Å². The molecule has 4 nitrogen and oxygen atoms in total. The topological polar surface area (TPSA) is 52.4 Å². The van der Waals surface area contributed by atoms with Crippen LogP contribution in [0.15, 0.2) is 18.2 Å². The molecular weight excluding hydrogens is 278 g/mol. The summed E-state index contributed by atoms with van der Waals surface area (Å²) in [4.78, 5) is 10.6. The number of hydrogen-bond donors (Lipinski definition) is 0. The molecule has 0 fully saturated rings. The molecule has 0 aliphatic rings. The van der Waals surface area contributed by atoms with E-state index >= 15 is 0 Å². The molecule has 1 unspecified atom stereocenters. The summed E-state index contributed by atoms with van der Waals surface area (Å²) in [5.41, 5.74) is 0.832. The van der Waals surface area contributed by atoms with Crippen LogP contribution in [0.1, 0.15) is 45.1 Å². The summed E-state index contributed by atoms with van der Waals surface area (Å²) in [6, 6.07) is 4.78. The summed E-state index contributed by atoms with van der Waals surface area (Å²) in [6.45, 7) is 4.79. The highest BCUT2D eigenvalue weighted by Gasteiger charge is 2.17. The van der Waals surface area contributed by atoms with Crippen LogP contribution in [0.25, 0.3) is 0 Å². The summed E-state index contributed by atoms with van der Waals surface area (Å²) in [5.74, 6) is 1.08. The van der Waals surface area contributed by atoms with Crippen molar-refractivity contribution in [2.24, 2.45) is 5.92 Å². The van der Waals surface area contributed by atoms with Gasteiger partial charge in [-0.25, -0.2) is 0 Å². The number of hydrogen-bond acceptors (Lipinski definition) is 3. The summed E-state index contributed by atoms with van der Waals surface area (Å²) in [7, 11) is 0. The van der Waals surface area contributed by atoms with E-state index in [1.165, 1.54) is 6.07 Å². The third-order valence-corrected chi connectivity index (χ3v) is 3.70. The normalized spacial score (nSPS) is 12.2. The Kier molecular flexibility index (Phi) is 7.37. The quantitative estimate of drug-likeness (QED) is 0.369. The van der Waals surface area contributed by atoms with E-state index in [4.69, 9.17) is 16.3 Å². The molecule has 112 valence electrons. The van der Waals surface area contributed by atoms with Crippen LogP contribution in [0.2, 0.25) is 0 Å². The highest BCUT2D eigenvalue weighted by atomic mass is 35.5. The molecular formula is C15H22ClNO3. The molecule has 1 aromatic rings. The zero-order valence-corrected chi connectivity index (χ0v) is 12.9. The SMILES string of the molecule is CCCCC(CC)COc1cc(CCl)ccc1[N+](=O)[O-]. The van der Waals surface area contributed by atoms with Gasteiger partial charge in [-0.1, -0.05) is 39.2 Å². The van der Waals surface area contributed by atoms with Crippen molar-refractivity contribution in [3.8, 4) is 5.75 Å². The van der Waals surface area contributed by atoms with Crippen LogP contribution in [-0.4, -0.2) is 11.5 Å². The average molecular weight is 300 g/mol. The third kappa shape index (κ3) is 5.00. The zero-order chi connectivity index (χ0) is 15.0. The molecule has 0 spiro atoms. The molecule has 0 heterocycles. The number of unbranched alkanes of at least 4 members (excludes halogenated alkanes) is 1. The van der Waals surface area contributed by atoms with Gasteiger partial charge in [0, 0.05) is 11.9 Å². The Balaban J connectivity index is 2.76. The fourth-order valence-corrected chi connectivity index (χ4v) is 2.18. The van der Waals surface area contributed by atoms with Crippen LogP contribution >= 0.6 is 11.6 Å². The minimum atomic E-state index is -0.416. The Bertz CT molecular complexity index is 437.